The van der Waals surface area contributed by atoms with E-state index in [9.17, 15) is 0 Å². The molecule has 1 atom stereocenters. The Labute approximate surface area is 108 Å². The van der Waals surface area contributed by atoms with Gasteiger partial charge in [-0.3, -0.25) is 0 Å². The first kappa shape index (κ1) is 11.3. The van der Waals surface area contributed by atoms with Crippen LogP contribution in [-0.2, 0) is 0 Å². The van der Waals surface area contributed by atoms with E-state index in [-0.39, 0.29) is 0 Å². The van der Waals surface area contributed by atoms with Crippen molar-refractivity contribution in [2.75, 3.05) is 0 Å². The second-order valence-electron chi connectivity index (χ2n) is 4.14. The van der Waals surface area contributed by atoms with Gasteiger partial charge in [0, 0.05) is 0 Å². The van der Waals surface area contributed by atoms with Gasteiger partial charge in [0.25, 0.3) is 0 Å². The molecule has 0 aliphatic rings. The second kappa shape index (κ2) is 4.83. The maximum absolute atomic E-state index is 4.72. The molecule has 0 radical (unpaired) electrons. The van der Waals surface area contributed by atoms with Crippen molar-refractivity contribution in [1.82, 2.24) is 9.97 Å². The molecule has 2 aromatic carbocycles. The summed E-state index contributed by atoms with van der Waals surface area (Å²) >= 11 is 0. The lowest BCUT2D eigenvalue weighted by Gasteiger charge is -2.06. The zero-order chi connectivity index (χ0) is 12.4. The second-order valence-corrected chi connectivity index (χ2v) is 5.44. The van der Waals surface area contributed by atoms with E-state index in [1.165, 1.54) is 5.30 Å². The largest absolute Gasteiger partial charge is 0.249 e. The molecule has 1 heterocycles. The van der Waals surface area contributed by atoms with Crippen molar-refractivity contribution in [2.45, 2.75) is 6.92 Å². The monoisotopic (exact) mass is 252 g/mol. The lowest BCUT2D eigenvalue weighted by atomic mass is 10.3. The number of aryl methyl sites for hydroxylation is 1. The summed E-state index contributed by atoms with van der Waals surface area (Å²) in [5.41, 5.74) is 4.05. The number of hydrogen-bond acceptors (Lipinski definition) is 2. The zero-order valence-electron chi connectivity index (χ0n) is 10.1. The molecular formula is C15H13N2P. The molecule has 88 valence electrons. The highest BCUT2D eigenvalue weighted by Gasteiger charge is 2.05. The summed E-state index contributed by atoms with van der Waals surface area (Å²) in [4.78, 5) is 9.34. The van der Waals surface area contributed by atoms with E-state index in [1.807, 2.05) is 37.3 Å². The summed E-state index contributed by atoms with van der Waals surface area (Å²) in [6, 6.07) is 18.4. The van der Waals surface area contributed by atoms with Gasteiger partial charge < -0.3 is 0 Å². The van der Waals surface area contributed by atoms with Gasteiger partial charge in [-0.15, -0.1) is 0 Å². The normalized spacial score (nSPS) is 11.4. The van der Waals surface area contributed by atoms with Gasteiger partial charge in [0.1, 0.15) is 0 Å². The average molecular weight is 252 g/mol. The van der Waals surface area contributed by atoms with E-state index < -0.39 is 0 Å². The first-order valence-corrected chi connectivity index (χ1v) is 6.88. The number of aromatic nitrogens is 2. The highest BCUT2D eigenvalue weighted by Crippen LogP contribution is 2.14. The predicted octanol–water partition coefficient (Wildman–Crippen LogP) is 2.57. The standard InChI is InChI=1S/C15H13N2P/c1-11-15(18-12-7-3-2-4-8-12)17-14-10-6-5-9-13(14)16-11/h2-10,18H,1H3. The Bertz CT molecular complexity index is 680. The van der Waals surface area contributed by atoms with Crippen LogP contribution in [0.3, 0.4) is 0 Å². The summed E-state index contributed by atoms with van der Waals surface area (Å²) in [6.45, 7) is 2.03. The number of rotatable bonds is 2. The lowest BCUT2D eigenvalue weighted by molar-refractivity contribution is 1.23. The van der Waals surface area contributed by atoms with E-state index in [0.29, 0.717) is 8.58 Å². The Balaban J connectivity index is 2.04. The van der Waals surface area contributed by atoms with Crippen molar-refractivity contribution in [2.24, 2.45) is 0 Å². The quantitative estimate of drug-likeness (QED) is 0.655. The van der Waals surface area contributed by atoms with Gasteiger partial charge >= 0.3 is 0 Å². The van der Waals surface area contributed by atoms with Crippen LogP contribution in [0.1, 0.15) is 5.69 Å². The highest BCUT2D eigenvalue weighted by molar-refractivity contribution is 7.55. The van der Waals surface area contributed by atoms with Gasteiger partial charge in [0.05, 0.1) is 22.2 Å². The zero-order valence-corrected chi connectivity index (χ0v) is 11.1. The van der Waals surface area contributed by atoms with Crippen LogP contribution in [0.15, 0.2) is 54.6 Å². The third-order valence-electron chi connectivity index (χ3n) is 2.78. The van der Waals surface area contributed by atoms with Crippen molar-refractivity contribution in [3.05, 3.63) is 60.3 Å². The molecule has 0 spiro atoms. The molecule has 3 rings (SSSR count). The van der Waals surface area contributed by atoms with Crippen LogP contribution in [0.5, 0.6) is 0 Å². The molecule has 0 N–H and O–H groups in total. The van der Waals surface area contributed by atoms with Crippen LogP contribution in [0.25, 0.3) is 11.0 Å². The Morgan fingerprint density at radius 1 is 0.778 bits per heavy atom. The van der Waals surface area contributed by atoms with Gasteiger partial charge in [0.15, 0.2) is 0 Å². The van der Waals surface area contributed by atoms with Crippen LogP contribution in [-0.4, -0.2) is 9.97 Å². The number of para-hydroxylation sites is 2. The fraction of sp³-hybridized carbons (Fsp3) is 0.0667. The Morgan fingerprint density at radius 2 is 1.39 bits per heavy atom. The smallest absolute Gasteiger partial charge is 0.0894 e. The van der Waals surface area contributed by atoms with Gasteiger partial charge in [-0.25, -0.2) is 9.97 Å². The maximum Gasteiger partial charge on any atom is 0.0894 e. The molecule has 0 saturated heterocycles. The Kier molecular flexibility index (Phi) is 3.04. The van der Waals surface area contributed by atoms with Crippen LogP contribution in [0.4, 0.5) is 0 Å². The third kappa shape index (κ3) is 2.25. The molecule has 0 fully saturated rings. The number of benzene rings is 2. The fourth-order valence-electron chi connectivity index (χ4n) is 1.86. The van der Waals surface area contributed by atoms with Crippen LogP contribution >= 0.6 is 8.58 Å². The molecule has 0 amide bonds. The predicted molar refractivity (Wildman–Crippen MR) is 78.3 cm³/mol. The van der Waals surface area contributed by atoms with Gasteiger partial charge in [-0.2, -0.15) is 0 Å². The number of hydrogen-bond donors (Lipinski definition) is 0. The van der Waals surface area contributed by atoms with E-state index >= 15 is 0 Å². The van der Waals surface area contributed by atoms with Gasteiger partial charge in [0.2, 0.25) is 0 Å². The highest BCUT2D eigenvalue weighted by atomic mass is 31.1. The summed E-state index contributed by atoms with van der Waals surface area (Å²) < 4.78 is 0. The van der Waals surface area contributed by atoms with E-state index in [4.69, 9.17) is 4.98 Å². The van der Waals surface area contributed by atoms with Gasteiger partial charge in [-0.1, -0.05) is 42.5 Å². The lowest BCUT2D eigenvalue weighted by Crippen LogP contribution is -2.12. The van der Waals surface area contributed by atoms with Gasteiger partial charge in [-0.05, 0) is 32.9 Å². The minimum atomic E-state index is 0.565. The Morgan fingerprint density at radius 3 is 2.11 bits per heavy atom. The molecule has 0 aliphatic carbocycles. The molecule has 3 heteroatoms. The summed E-state index contributed by atoms with van der Waals surface area (Å²) in [6.07, 6.45) is 0. The average Bonchev–Trinajstić information content (AvgIpc) is 2.41. The summed E-state index contributed by atoms with van der Waals surface area (Å²) in [5, 5.41) is 1.30. The van der Waals surface area contributed by atoms with Crippen molar-refractivity contribution in [1.29, 1.82) is 0 Å². The van der Waals surface area contributed by atoms with Crippen LogP contribution in [0.2, 0.25) is 0 Å². The van der Waals surface area contributed by atoms with Crippen molar-refractivity contribution in [3.8, 4) is 0 Å². The third-order valence-corrected chi connectivity index (χ3v) is 4.11. The fourth-order valence-corrected chi connectivity index (χ4v) is 2.91. The molecule has 0 saturated carbocycles. The van der Waals surface area contributed by atoms with Crippen molar-refractivity contribution < 1.29 is 0 Å². The topological polar surface area (TPSA) is 25.8 Å². The molecule has 1 unspecified atom stereocenters. The molecule has 1 aromatic heterocycles. The maximum atomic E-state index is 4.72. The molecule has 0 aliphatic heterocycles. The molecule has 18 heavy (non-hydrogen) atoms. The molecule has 2 nitrogen and oxygen atoms in total. The van der Waals surface area contributed by atoms with E-state index in [2.05, 4.69) is 29.2 Å². The molecule has 3 aromatic rings. The van der Waals surface area contributed by atoms with Crippen molar-refractivity contribution >= 4 is 30.4 Å². The van der Waals surface area contributed by atoms with Crippen molar-refractivity contribution in [3.63, 3.8) is 0 Å². The minimum Gasteiger partial charge on any atom is -0.249 e. The Hall–Kier alpha value is -1.79. The SMILES string of the molecule is Cc1nc2ccccc2nc1Pc1ccccc1. The van der Waals surface area contributed by atoms with E-state index in [1.54, 1.807) is 0 Å². The van der Waals surface area contributed by atoms with Crippen LogP contribution in [0, 0.1) is 6.92 Å². The molecule has 0 bridgehead atoms. The minimum absolute atomic E-state index is 0.565. The van der Waals surface area contributed by atoms with Crippen LogP contribution < -0.4 is 10.7 Å². The first-order valence-electron chi connectivity index (χ1n) is 5.88. The molecular weight excluding hydrogens is 239 g/mol. The first-order chi connectivity index (χ1) is 8.83. The number of nitrogens with zero attached hydrogens (tertiary/aromatic N) is 2. The number of fused-ring (bicyclic) bond motifs is 1. The van der Waals surface area contributed by atoms with E-state index in [0.717, 1.165) is 22.2 Å². The summed E-state index contributed by atoms with van der Waals surface area (Å²) in [7, 11) is 0.565. The summed E-state index contributed by atoms with van der Waals surface area (Å²) in [5.74, 6) is 0.